The van der Waals surface area contributed by atoms with Gasteiger partial charge in [0.25, 0.3) is 0 Å². The summed E-state index contributed by atoms with van der Waals surface area (Å²) in [7, 11) is 0. The fourth-order valence-electron chi connectivity index (χ4n) is 4.56. The zero-order chi connectivity index (χ0) is 25.4. The van der Waals surface area contributed by atoms with E-state index in [1.54, 1.807) is 0 Å². The predicted octanol–water partition coefficient (Wildman–Crippen LogP) is -0.749. The van der Waals surface area contributed by atoms with Gasteiger partial charge in [-0.05, 0) is 36.3 Å². The summed E-state index contributed by atoms with van der Waals surface area (Å²) in [6.07, 6.45) is -8.77. The number of hydrogen-bond donors (Lipinski definition) is 6. The molecule has 1 aliphatic carbocycles. The van der Waals surface area contributed by atoms with E-state index < -0.39 is 73.5 Å². The number of ether oxygens (including phenoxy) is 4. The SMILES string of the molecule is C=C1C(OC(=O)c2ccc(O)cc2)CC2C(C(=O)O)=COC(OC3OC(CO)C(O)C(O)C3O)C12. The second kappa shape index (κ2) is 9.93. The van der Waals surface area contributed by atoms with Gasteiger partial charge in [0.1, 0.15) is 36.3 Å². The number of hydrogen-bond acceptors (Lipinski definition) is 11. The van der Waals surface area contributed by atoms with Gasteiger partial charge in [-0.25, -0.2) is 9.59 Å². The average molecular weight is 494 g/mol. The molecule has 0 spiro atoms. The summed E-state index contributed by atoms with van der Waals surface area (Å²) in [6.45, 7) is 3.31. The topological polar surface area (TPSA) is 192 Å². The van der Waals surface area contributed by atoms with Crippen molar-refractivity contribution in [2.45, 2.75) is 49.5 Å². The first kappa shape index (κ1) is 25.1. The van der Waals surface area contributed by atoms with Crippen molar-refractivity contribution >= 4 is 11.9 Å². The molecule has 6 N–H and O–H groups in total. The number of phenolic OH excluding ortho intramolecular Hbond substituents is 1. The van der Waals surface area contributed by atoms with Crippen molar-refractivity contribution in [3.8, 4) is 5.75 Å². The Morgan fingerprint density at radius 3 is 2.37 bits per heavy atom. The normalized spacial score (nSPS) is 36.6. The van der Waals surface area contributed by atoms with Crippen LogP contribution < -0.4 is 0 Å². The van der Waals surface area contributed by atoms with Crippen LogP contribution in [0.5, 0.6) is 5.75 Å². The van der Waals surface area contributed by atoms with Crippen molar-refractivity contribution in [3.05, 3.63) is 53.8 Å². The number of aromatic hydroxyl groups is 1. The Labute approximate surface area is 199 Å². The molecule has 1 saturated heterocycles. The number of rotatable bonds is 6. The summed E-state index contributed by atoms with van der Waals surface area (Å²) in [6, 6.07) is 5.39. The minimum Gasteiger partial charge on any atom is -0.508 e. The first-order chi connectivity index (χ1) is 16.6. The molecule has 0 radical (unpaired) electrons. The van der Waals surface area contributed by atoms with Crippen LogP contribution >= 0.6 is 0 Å². The maximum absolute atomic E-state index is 12.6. The van der Waals surface area contributed by atoms with E-state index in [1.165, 1.54) is 24.3 Å². The van der Waals surface area contributed by atoms with Gasteiger partial charge in [0, 0.05) is 5.92 Å². The highest BCUT2D eigenvalue weighted by Gasteiger charge is 2.53. The smallest absolute Gasteiger partial charge is 0.338 e. The molecule has 9 unspecified atom stereocenters. The van der Waals surface area contributed by atoms with Gasteiger partial charge in [0.2, 0.25) is 6.29 Å². The minimum atomic E-state index is -1.70. The van der Waals surface area contributed by atoms with Gasteiger partial charge in [-0.15, -0.1) is 0 Å². The van der Waals surface area contributed by atoms with Crippen LogP contribution in [-0.2, 0) is 23.7 Å². The number of aliphatic hydroxyl groups excluding tert-OH is 4. The van der Waals surface area contributed by atoms with Crippen LogP contribution in [0.25, 0.3) is 0 Å². The minimum absolute atomic E-state index is 0.0283. The van der Waals surface area contributed by atoms with Crippen LogP contribution in [0, 0.1) is 11.8 Å². The summed E-state index contributed by atoms with van der Waals surface area (Å²) in [5.41, 5.74) is 0.390. The highest BCUT2D eigenvalue weighted by Crippen LogP contribution is 2.48. The fraction of sp³-hybridized carbons (Fsp3) is 0.478. The maximum Gasteiger partial charge on any atom is 0.338 e. The Morgan fingerprint density at radius 1 is 1.06 bits per heavy atom. The molecule has 9 atom stereocenters. The van der Waals surface area contributed by atoms with Crippen LogP contribution in [0.3, 0.4) is 0 Å². The Morgan fingerprint density at radius 2 is 1.74 bits per heavy atom. The Bertz CT molecular complexity index is 1000. The van der Waals surface area contributed by atoms with Crippen LogP contribution in [0.15, 0.2) is 48.3 Å². The third kappa shape index (κ3) is 4.76. The molecule has 190 valence electrons. The van der Waals surface area contributed by atoms with Gasteiger partial charge < -0.3 is 49.6 Å². The third-order valence-corrected chi connectivity index (χ3v) is 6.48. The molecule has 0 bridgehead atoms. The molecular weight excluding hydrogens is 468 g/mol. The standard InChI is InChI=1S/C23H26O12/c1-9-14(33-21(31)10-2-4-11(25)5-3-10)6-12-13(20(29)30)8-32-22(16(9)12)35-23-19(28)18(27)17(26)15(7-24)34-23/h2-5,8,12,14-19,22-28H,1,6-7H2,(H,29,30). The molecule has 3 aliphatic rings. The molecule has 12 nitrogen and oxygen atoms in total. The van der Waals surface area contributed by atoms with E-state index in [2.05, 4.69) is 6.58 Å². The molecule has 35 heavy (non-hydrogen) atoms. The Kier molecular flexibility index (Phi) is 7.12. The van der Waals surface area contributed by atoms with Crippen LogP contribution in [0.1, 0.15) is 16.8 Å². The van der Waals surface area contributed by atoms with Gasteiger partial charge >= 0.3 is 11.9 Å². The number of aliphatic carboxylic acids is 1. The molecule has 0 amide bonds. The predicted molar refractivity (Wildman–Crippen MR) is 113 cm³/mol. The van der Waals surface area contributed by atoms with Gasteiger partial charge in [-0.3, -0.25) is 0 Å². The number of fused-ring (bicyclic) bond motifs is 1. The number of carbonyl (C=O) groups is 2. The van der Waals surface area contributed by atoms with Crippen LogP contribution in [-0.4, -0.2) is 92.3 Å². The zero-order valence-electron chi connectivity index (χ0n) is 18.3. The fourth-order valence-corrected chi connectivity index (χ4v) is 4.56. The molecule has 12 heteroatoms. The summed E-state index contributed by atoms with van der Waals surface area (Å²) in [5.74, 6) is -3.52. The molecule has 1 saturated carbocycles. The molecule has 2 heterocycles. The summed E-state index contributed by atoms with van der Waals surface area (Å²) in [5, 5.41) is 58.7. The van der Waals surface area contributed by atoms with Crippen molar-refractivity contribution in [3.63, 3.8) is 0 Å². The summed E-state index contributed by atoms with van der Waals surface area (Å²) < 4.78 is 22.1. The highest BCUT2D eigenvalue weighted by molar-refractivity contribution is 5.90. The largest absolute Gasteiger partial charge is 0.508 e. The molecule has 2 aliphatic heterocycles. The maximum atomic E-state index is 12.6. The third-order valence-electron chi connectivity index (χ3n) is 6.48. The van der Waals surface area contributed by atoms with E-state index in [-0.39, 0.29) is 23.3 Å². The number of phenols is 1. The quantitative estimate of drug-likeness (QED) is 0.214. The van der Waals surface area contributed by atoms with E-state index in [0.717, 1.165) is 6.26 Å². The van der Waals surface area contributed by atoms with Crippen LogP contribution in [0.4, 0.5) is 0 Å². The Hall–Kier alpha value is -3.00. The second-order valence-corrected chi connectivity index (χ2v) is 8.60. The lowest BCUT2D eigenvalue weighted by Gasteiger charge is -2.42. The van der Waals surface area contributed by atoms with E-state index in [0.29, 0.717) is 5.57 Å². The molecule has 0 aromatic heterocycles. The Balaban J connectivity index is 1.54. The monoisotopic (exact) mass is 494 g/mol. The van der Waals surface area contributed by atoms with Gasteiger partial charge in [0.05, 0.1) is 29.9 Å². The van der Waals surface area contributed by atoms with E-state index in [1.807, 2.05) is 0 Å². The van der Waals surface area contributed by atoms with Crippen LogP contribution in [0.2, 0.25) is 0 Å². The average Bonchev–Trinajstić information content (AvgIpc) is 3.15. The first-order valence-corrected chi connectivity index (χ1v) is 10.9. The lowest BCUT2D eigenvalue weighted by molar-refractivity contribution is -0.339. The number of carboxylic acids is 1. The summed E-state index contributed by atoms with van der Waals surface area (Å²) >= 11 is 0. The molecule has 1 aromatic carbocycles. The molecular formula is C23H26O12. The number of esters is 1. The summed E-state index contributed by atoms with van der Waals surface area (Å²) in [4.78, 5) is 24.4. The second-order valence-electron chi connectivity index (χ2n) is 8.60. The molecule has 1 aromatic rings. The first-order valence-electron chi connectivity index (χ1n) is 10.9. The van der Waals surface area contributed by atoms with Gasteiger partial charge in [0.15, 0.2) is 6.29 Å². The van der Waals surface area contributed by atoms with Crippen molar-refractivity contribution in [2.24, 2.45) is 11.8 Å². The number of carbonyl (C=O) groups excluding carboxylic acids is 1. The molecule has 2 fully saturated rings. The van der Waals surface area contributed by atoms with Crippen molar-refractivity contribution in [1.82, 2.24) is 0 Å². The van der Waals surface area contributed by atoms with Gasteiger partial charge in [-0.1, -0.05) is 6.58 Å². The lowest BCUT2D eigenvalue weighted by atomic mass is 9.85. The highest BCUT2D eigenvalue weighted by atomic mass is 16.8. The van der Waals surface area contributed by atoms with Gasteiger partial charge in [-0.2, -0.15) is 0 Å². The van der Waals surface area contributed by atoms with E-state index in [9.17, 15) is 40.2 Å². The number of benzene rings is 1. The zero-order valence-corrected chi connectivity index (χ0v) is 18.3. The molecule has 4 rings (SSSR count). The van der Waals surface area contributed by atoms with Crippen molar-refractivity contribution in [2.75, 3.05) is 6.61 Å². The van der Waals surface area contributed by atoms with E-state index >= 15 is 0 Å². The van der Waals surface area contributed by atoms with Crippen molar-refractivity contribution in [1.29, 1.82) is 0 Å². The van der Waals surface area contributed by atoms with Crippen molar-refractivity contribution < 1.29 is 59.2 Å². The van der Waals surface area contributed by atoms with E-state index in [4.69, 9.17) is 18.9 Å². The number of carboxylic acid groups (broad SMARTS) is 1. The lowest BCUT2D eigenvalue weighted by Crippen LogP contribution is -2.60. The number of aliphatic hydroxyl groups is 4.